The van der Waals surface area contributed by atoms with Crippen molar-refractivity contribution in [3.05, 3.63) is 35.9 Å². The molecule has 0 radical (unpaired) electrons. The molecule has 1 N–H and O–H groups in total. The Labute approximate surface area is 122 Å². The maximum absolute atomic E-state index is 4.60. The lowest BCUT2D eigenvalue weighted by Crippen LogP contribution is -2.44. The molecule has 1 aliphatic carbocycles. The van der Waals surface area contributed by atoms with Crippen LogP contribution in [-0.2, 0) is 0 Å². The van der Waals surface area contributed by atoms with Gasteiger partial charge in [0, 0.05) is 26.7 Å². The van der Waals surface area contributed by atoms with Crippen molar-refractivity contribution in [3.8, 4) is 0 Å². The van der Waals surface area contributed by atoms with Crippen LogP contribution in [0.4, 0.5) is 0 Å². The molecule has 0 aromatic heterocycles. The summed E-state index contributed by atoms with van der Waals surface area (Å²) in [6, 6.07) is 11.0. The molecule has 0 amide bonds. The molecule has 108 valence electrons. The van der Waals surface area contributed by atoms with Gasteiger partial charge in [0.05, 0.1) is 0 Å². The van der Waals surface area contributed by atoms with Crippen LogP contribution in [0.15, 0.2) is 35.3 Å². The Morgan fingerprint density at radius 1 is 1.20 bits per heavy atom. The Hall–Kier alpha value is -1.51. The second kappa shape index (κ2) is 6.29. The zero-order valence-electron chi connectivity index (χ0n) is 12.4. The Balaban J connectivity index is 1.61. The third-order valence-corrected chi connectivity index (χ3v) is 4.68. The quantitative estimate of drug-likeness (QED) is 0.915. The fourth-order valence-corrected chi connectivity index (χ4v) is 3.55. The fraction of sp³-hybridized carbons (Fsp3) is 0.588. The van der Waals surface area contributed by atoms with Gasteiger partial charge in [0.2, 0.25) is 0 Å². The molecular weight excluding hydrogens is 246 g/mol. The van der Waals surface area contributed by atoms with Gasteiger partial charge in [-0.25, -0.2) is 0 Å². The molecule has 0 saturated heterocycles. The number of benzene rings is 1. The van der Waals surface area contributed by atoms with Crippen molar-refractivity contribution in [2.45, 2.75) is 31.6 Å². The second-order valence-corrected chi connectivity index (χ2v) is 6.07. The van der Waals surface area contributed by atoms with Crippen molar-refractivity contribution in [2.75, 3.05) is 26.7 Å². The van der Waals surface area contributed by atoms with Gasteiger partial charge < -0.3 is 10.2 Å². The van der Waals surface area contributed by atoms with Crippen LogP contribution >= 0.6 is 0 Å². The molecule has 3 heteroatoms. The zero-order valence-corrected chi connectivity index (χ0v) is 12.4. The van der Waals surface area contributed by atoms with Crippen molar-refractivity contribution in [3.63, 3.8) is 0 Å². The maximum atomic E-state index is 4.60. The van der Waals surface area contributed by atoms with E-state index in [1.807, 2.05) is 0 Å². The summed E-state index contributed by atoms with van der Waals surface area (Å²) >= 11 is 0. The largest absolute Gasteiger partial charge is 0.356 e. The molecule has 3 rings (SSSR count). The minimum absolute atomic E-state index is 0.721. The first-order valence-electron chi connectivity index (χ1n) is 7.89. The van der Waals surface area contributed by atoms with E-state index in [4.69, 9.17) is 0 Å². The highest BCUT2D eigenvalue weighted by molar-refractivity contribution is 5.80. The standard InChI is InChI=1S/C17H25N3/c1-20-12-6-11-18-17(20)19-13-15-9-5-10-16(15)14-7-3-2-4-8-14/h2-4,7-8,15-16H,5-6,9-13H2,1H3,(H,18,19). The van der Waals surface area contributed by atoms with Crippen LogP contribution in [0.5, 0.6) is 0 Å². The van der Waals surface area contributed by atoms with E-state index >= 15 is 0 Å². The lowest BCUT2D eigenvalue weighted by molar-refractivity contribution is 0.421. The highest BCUT2D eigenvalue weighted by Gasteiger charge is 2.28. The summed E-state index contributed by atoms with van der Waals surface area (Å²) in [5, 5.41) is 3.59. The average molecular weight is 271 g/mol. The van der Waals surface area contributed by atoms with Gasteiger partial charge in [0.1, 0.15) is 0 Å². The minimum atomic E-state index is 0.721. The summed E-state index contributed by atoms with van der Waals surface area (Å²) < 4.78 is 0. The Kier molecular flexibility index (Phi) is 4.24. The summed E-state index contributed by atoms with van der Waals surface area (Å²) in [5.74, 6) is 2.56. The SMILES string of the molecule is CN1CCCN=C1NCC1CCCC1c1ccccc1. The Morgan fingerprint density at radius 3 is 2.85 bits per heavy atom. The lowest BCUT2D eigenvalue weighted by Gasteiger charge is -2.28. The predicted octanol–water partition coefficient (Wildman–Crippen LogP) is 2.85. The Morgan fingerprint density at radius 2 is 2.05 bits per heavy atom. The first kappa shape index (κ1) is 13.5. The number of rotatable bonds is 3. The van der Waals surface area contributed by atoms with Gasteiger partial charge >= 0.3 is 0 Å². The summed E-state index contributed by atoms with van der Waals surface area (Å²) in [6.45, 7) is 3.15. The van der Waals surface area contributed by atoms with Crippen LogP contribution in [0, 0.1) is 5.92 Å². The van der Waals surface area contributed by atoms with E-state index < -0.39 is 0 Å². The van der Waals surface area contributed by atoms with E-state index in [1.165, 1.54) is 31.2 Å². The first-order valence-corrected chi connectivity index (χ1v) is 7.89. The topological polar surface area (TPSA) is 27.6 Å². The van der Waals surface area contributed by atoms with Crippen molar-refractivity contribution >= 4 is 5.96 Å². The van der Waals surface area contributed by atoms with Crippen LogP contribution in [-0.4, -0.2) is 37.5 Å². The summed E-state index contributed by atoms with van der Waals surface area (Å²) in [4.78, 5) is 6.85. The van der Waals surface area contributed by atoms with Crippen LogP contribution < -0.4 is 5.32 Å². The molecule has 0 spiro atoms. The van der Waals surface area contributed by atoms with Gasteiger partial charge in [-0.1, -0.05) is 36.8 Å². The van der Waals surface area contributed by atoms with Crippen molar-refractivity contribution < 1.29 is 0 Å². The average Bonchev–Trinajstić information content (AvgIpc) is 2.96. The molecule has 3 nitrogen and oxygen atoms in total. The number of guanidine groups is 1. The monoisotopic (exact) mass is 271 g/mol. The third kappa shape index (κ3) is 2.97. The molecule has 0 bridgehead atoms. The summed E-state index contributed by atoms with van der Waals surface area (Å²) in [5.41, 5.74) is 1.51. The first-order chi connectivity index (χ1) is 9.84. The second-order valence-electron chi connectivity index (χ2n) is 6.07. The number of aliphatic imine (C=N–C) groups is 1. The van der Waals surface area contributed by atoms with E-state index in [2.05, 4.69) is 52.6 Å². The van der Waals surface area contributed by atoms with E-state index in [0.717, 1.165) is 37.4 Å². The van der Waals surface area contributed by atoms with Crippen LogP contribution in [0.25, 0.3) is 0 Å². The van der Waals surface area contributed by atoms with Crippen molar-refractivity contribution in [1.29, 1.82) is 0 Å². The lowest BCUT2D eigenvalue weighted by atomic mass is 9.89. The number of hydrogen-bond donors (Lipinski definition) is 1. The van der Waals surface area contributed by atoms with Gasteiger partial charge in [-0.15, -0.1) is 0 Å². The fourth-order valence-electron chi connectivity index (χ4n) is 3.55. The van der Waals surface area contributed by atoms with Crippen LogP contribution in [0.3, 0.4) is 0 Å². The summed E-state index contributed by atoms with van der Waals surface area (Å²) in [6.07, 6.45) is 5.20. The van der Waals surface area contributed by atoms with Crippen molar-refractivity contribution in [2.24, 2.45) is 10.9 Å². The predicted molar refractivity (Wildman–Crippen MR) is 84.1 cm³/mol. The Bertz CT molecular complexity index is 455. The maximum Gasteiger partial charge on any atom is 0.193 e. The van der Waals surface area contributed by atoms with E-state index in [1.54, 1.807) is 0 Å². The van der Waals surface area contributed by atoms with Crippen molar-refractivity contribution in [1.82, 2.24) is 10.2 Å². The smallest absolute Gasteiger partial charge is 0.193 e. The molecule has 1 saturated carbocycles. The van der Waals surface area contributed by atoms with Crippen LogP contribution in [0.1, 0.15) is 37.2 Å². The zero-order chi connectivity index (χ0) is 13.8. The molecule has 1 aromatic carbocycles. The molecule has 2 atom stereocenters. The van der Waals surface area contributed by atoms with Crippen LogP contribution in [0.2, 0.25) is 0 Å². The van der Waals surface area contributed by atoms with E-state index in [9.17, 15) is 0 Å². The summed E-state index contributed by atoms with van der Waals surface area (Å²) in [7, 11) is 2.13. The molecule has 2 aliphatic rings. The highest BCUT2D eigenvalue weighted by atomic mass is 15.3. The van der Waals surface area contributed by atoms with Gasteiger partial charge in [-0.05, 0) is 36.7 Å². The number of nitrogens with one attached hydrogen (secondary N) is 1. The third-order valence-electron chi connectivity index (χ3n) is 4.68. The highest BCUT2D eigenvalue weighted by Crippen LogP contribution is 2.39. The van der Waals surface area contributed by atoms with Gasteiger partial charge in [0.25, 0.3) is 0 Å². The van der Waals surface area contributed by atoms with E-state index in [-0.39, 0.29) is 0 Å². The minimum Gasteiger partial charge on any atom is -0.356 e. The molecule has 1 fully saturated rings. The number of nitrogens with zero attached hydrogens (tertiary/aromatic N) is 2. The van der Waals surface area contributed by atoms with E-state index in [0.29, 0.717) is 0 Å². The van der Waals surface area contributed by atoms with Gasteiger partial charge in [0.15, 0.2) is 5.96 Å². The molecule has 1 aromatic rings. The van der Waals surface area contributed by atoms with Gasteiger partial charge in [-0.2, -0.15) is 0 Å². The van der Waals surface area contributed by atoms with Gasteiger partial charge in [-0.3, -0.25) is 4.99 Å². The number of hydrogen-bond acceptors (Lipinski definition) is 3. The molecule has 1 heterocycles. The molecule has 2 unspecified atom stereocenters. The molecule has 20 heavy (non-hydrogen) atoms. The molecule has 1 aliphatic heterocycles. The normalized spacial score (nSPS) is 26.4. The molecular formula is C17H25N3.